The van der Waals surface area contributed by atoms with Crippen LogP contribution < -0.4 is 0 Å². The van der Waals surface area contributed by atoms with Crippen LogP contribution in [0, 0.1) is 16.7 Å². The van der Waals surface area contributed by atoms with Crippen molar-refractivity contribution in [2.45, 2.75) is 39.5 Å². The third-order valence-corrected chi connectivity index (χ3v) is 4.80. The highest BCUT2D eigenvalue weighted by molar-refractivity contribution is 5.87. The molecule has 0 radical (unpaired) electrons. The van der Waals surface area contributed by atoms with Crippen molar-refractivity contribution in [3.05, 3.63) is 12.2 Å². The molecule has 1 N–H and O–H groups in total. The Balaban J connectivity index is 2.34. The third kappa shape index (κ3) is 0.999. The summed E-state index contributed by atoms with van der Waals surface area (Å²) in [5, 5.41) is 9.05. The maximum Gasteiger partial charge on any atom is 0.331 e. The maximum atomic E-state index is 11.0. The summed E-state index contributed by atoms with van der Waals surface area (Å²) in [7, 11) is 0. The maximum absolute atomic E-state index is 11.0. The van der Waals surface area contributed by atoms with Crippen molar-refractivity contribution in [2.24, 2.45) is 16.7 Å². The van der Waals surface area contributed by atoms with E-state index in [1.165, 1.54) is 19.3 Å². The standard InChI is InChI=1S/C12H18O2/c1-8(10(13)14)12(3)7-9-4-5-11(12,2)6-9/h9H,1,4-7H2,2-3H3,(H,13,14). The Morgan fingerprint density at radius 1 is 1.43 bits per heavy atom. The molecule has 0 spiro atoms. The molecule has 3 atom stereocenters. The van der Waals surface area contributed by atoms with Gasteiger partial charge in [-0.1, -0.05) is 20.4 Å². The normalized spacial score (nSPS) is 45.4. The quantitative estimate of drug-likeness (QED) is 0.686. The lowest BCUT2D eigenvalue weighted by Gasteiger charge is -2.42. The second-order valence-corrected chi connectivity index (χ2v) is 5.49. The lowest BCUT2D eigenvalue weighted by Crippen LogP contribution is -2.37. The van der Waals surface area contributed by atoms with Gasteiger partial charge in [0.05, 0.1) is 0 Å². The molecule has 0 aromatic carbocycles. The van der Waals surface area contributed by atoms with E-state index in [4.69, 9.17) is 5.11 Å². The molecular formula is C12H18O2. The Morgan fingerprint density at radius 3 is 2.43 bits per heavy atom. The van der Waals surface area contributed by atoms with Crippen molar-refractivity contribution in [1.29, 1.82) is 0 Å². The number of aliphatic carboxylic acids is 1. The first kappa shape index (κ1) is 9.75. The summed E-state index contributed by atoms with van der Waals surface area (Å²) in [6.45, 7) is 8.09. The summed E-state index contributed by atoms with van der Waals surface area (Å²) in [5.74, 6) is -0.0811. The Labute approximate surface area is 85.0 Å². The number of rotatable bonds is 2. The van der Waals surface area contributed by atoms with Gasteiger partial charge in [-0.15, -0.1) is 0 Å². The van der Waals surface area contributed by atoms with Gasteiger partial charge >= 0.3 is 5.97 Å². The van der Waals surface area contributed by atoms with Gasteiger partial charge in [-0.05, 0) is 37.0 Å². The number of hydrogen-bond donors (Lipinski definition) is 1. The molecule has 0 heterocycles. The van der Waals surface area contributed by atoms with Crippen LogP contribution in [0.2, 0.25) is 0 Å². The fourth-order valence-electron chi connectivity index (χ4n) is 3.59. The van der Waals surface area contributed by atoms with Crippen LogP contribution in [0.3, 0.4) is 0 Å². The first-order valence-electron chi connectivity index (χ1n) is 5.32. The van der Waals surface area contributed by atoms with Gasteiger partial charge in [-0.3, -0.25) is 0 Å². The summed E-state index contributed by atoms with van der Waals surface area (Å²) < 4.78 is 0. The second kappa shape index (κ2) is 2.62. The highest BCUT2D eigenvalue weighted by Crippen LogP contribution is 2.66. The zero-order valence-electron chi connectivity index (χ0n) is 8.97. The highest BCUT2D eigenvalue weighted by Gasteiger charge is 2.58. The largest absolute Gasteiger partial charge is 0.478 e. The Bertz CT molecular complexity index is 307. The van der Waals surface area contributed by atoms with Gasteiger partial charge in [0.2, 0.25) is 0 Å². The molecule has 2 rings (SSSR count). The SMILES string of the molecule is C=C(C(=O)O)C1(C)CC2CCC1(C)C2. The molecule has 2 fully saturated rings. The third-order valence-electron chi connectivity index (χ3n) is 4.80. The van der Waals surface area contributed by atoms with Gasteiger partial charge in [0.25, 0.3) is 0 Å². The number of carbonyl (C=O) groups is 1. The van der Waals surface area contributed by atoms with Crippen LogP contribution in [0.1, 0.15) is 39.5 Å². The Kier molecular flexibility index (Phi) is 1.82. The molecule has 0 saturated heterocycles. The predicted molar refractivity (Wildman–Crippen MR) is 54.9 cm³/mol. The minimum absolute atomic E-state index is 0.165. The second-order valence-electron chi connectivity index (χ2n) is 5.49. The molecule has 0 aromatic rings. The van der Waals surface area contributed by atoms with Crippen LogP contribution in [0.25, 0.3) is 0 Å². The molecule has 78 valence electrons. The van der Waals surface area contributed by atoms with Gasteiger partial charge in [0.15, 0.2) is 0 Å². The fourth-order valence-corrected chi connectivity index (χ4v) is 3.59. The monoisotopic (exact) mass is 194 g/mol. The predicted octanol–water partition coefficient (Wildman–Crippen LogP) is 2.84. The molecule has 2 bridgehead atoms. The number of hydrogen-bond acceptors (Lipinski definition) is 1. The van der Waals surface area contributed by atoms with Crippen LogP contribution in [-0.4, -0.2) is 11.1 Å². The van der Waals surface area contributed by atoms with Gasteiger partial charge in [-0.25, -0.2) is 4.79 Å². The van der Waals surface area contributed by atoms with E-state index in [1.807, 2.05) is 0 Å². The van der Waals surface area contributed by atoms with Crippen LogP contribution >= 0.6 is 0 Å². The zero-order valence-corrected chi connectivity index (χ0v) is 8.97. The van der Waals surface area contributed by atoms with Crippen molar-refractivity contribution in [3.63, 3.8) is 0 Å². The molecule has 0 aliphatic heterocycles. The van der Waals surface area contributed by atoms with E-state index in [2.05, 4.69) is 20.4 Å². The lowest BCUT2D eigenvalue weighted by molar-refractivity contribution is -0.134. The topological polar surface area (TPSA) is 37.3 Å². The Hall–Kier alpha value is -0.790. The average molecular weight is 194 g/mol. The molecule has 2 aliphatic carbocycles. The van der Waals surface area contributed by atoms with Crippen molar-refractivity contribution in [1.82, 2.24) is 0 Å². The summed E-state index contributed by atoms with van der Waals surface area (Å²) in [6.07, 6.45) is 4.66. The van der Waals surface area contributed by atoms with E-state index in [9.17, 15) is 4.79 Å². The number of carboxylic acid groups (broad SMARTS) is 1. The van der Waals surface area contributed by atoms with Gasteiger partial charge in [0.1, 0.15) is 0 Å². The zero-order chi connectivity index (χ0) is 10.6. The van der Waals surface area contributed by atoms with E-state index in [0.29, 0.717) is 5.57 Å². The summed E-state index contributed by atoms with van der Waals surface area (Å²) in [4.78, 5) is 11.0. The van der Waals surface area contributed by atoms with Crippen LogP contribution in [0.4, 0.5) is 0 Å². The summed E-state index contributed by atoms with van der Waals surface area (Å²) >= 11 is 0. The van der Waals surface area contributed by atoms with E-state index < -0.39 is 5.97 Å². The molecule has 0 aromatic heterocycles. The van der Waals surface area contributed by atoms with E-state index >= 15 is 0 Å². The molecule has 2 aliphatic rings. The van der Waals surface area contributed by atoms with Crippen LogP contribution in [0.15, 0.2) is 12.2 Å². The van der Waals surface area contributed by atoms with E-state index in [1.54, 1.807) is 0 Å². The minimum Gasteiger partial charge on any atom is -0.478 e. The van der Waals surface area contributed by atoms with E-state index in [0.717, 1.165) is 12.3 Å². The minimum atomic E-state index is -0.818. The van der Waals surface area contributed by atoms with Gasteiger partial charge in [0, 0.05) is 11.0 Å². The number of fused-ring (bicyclic) bond motifs is 2. The molecule has 2 nitrogen and oxygen atoms in total. The van der Waals surface area contributed by atoms with Crippen molar-refractivity contribution in [3.8, 4) is 0 Å². The number of carboxylic acids is 1. The molecule has 3 unspecified atom stereocenters. The first-order chi connectivity index (χ1) is 6.39. The Morgan fingerprint density at radius 2 is 2.07 bits per heavy atom. The first-order valence-corrected chi connectivity index (χ1v) is 5.32. The van der Waals surface area contributed by atoms with Crippen LogP contribution in [-0.2, 0) is 4.79 Å². The van der Waals surface area contributed by atoms with Crippen LogP contribution in [0.5, 0.6) is 0 Å². The van der Waals surface area contributed by atoms with Gasteiger partial charge in [-0.2, -0.15) is 0 Å². The van der Waals surface area contributed by atoms with Crippen molar-refractivity contribution < 1.29 is 9.90 Å². The molecule has 2 heteroatoms. The lowest BCUT2D eigenvalue weighted by atomic mass is 9.61. The summed E-state index contributed by atoms with van der Waals surface area (Å²) in [5.41, 5.74) is 0.441. The van der Waals surface area contributed by atoms with E-state index in [-0.39, 0.29) is 10.8 Å². The molecule has 0 amide bonds. The summed E-state index contributed by atoms with van der Waals surface area (Å²) in [6, 6.07) is 0. The highest BCUT2D eigenvalue weighted by atomic mass is 16.4. The van der Waals surface area contributed by atoms with Crippen molar-refractivity contribution >= 4 is 5.97 Å². The fraction of sp³-hybridized carbons (Fsp3) is 0.750. The van der Waals surface area contributed by atoms with Gasteiger partial charge < -0.3 is 5.11 Å². The molecule has 2 saturated carbocycles. The smallest absolute Gasteiger partial charge is 0.331 e. The molecule has 14 heavy (non-hydrogen) atoms. The average Bonchev–Trinajstić information content (AvgIpc) is 2.56. The van der Waals surface area contributed by atoms with Crippen molar-refractivity contribution in [2.75, 3.05) is 0 Å². The molecular weight excluding hydrogens is 176 g/mol.